The summed E-state index contributed by atoms with van der Waals surface area (Å²) in [6, 6.07) is -0.769. The molecule has 0 aliphatic carbocycles. The highest BCUT2D eigenvalue weighted by atomic mass is 32.2. The molecule has 0 aliphatic heterocycles. The lowest BCUT2D eigenvalue weighted by molar-refractivity contribution is -0.141. The van der Waals surface area contributed by atoms with Crippen LogP contribution in [0.15, 0.2) is 0 Å². The van der Waals surface area contributed by atoms with E-state index in [2.05, 4.69) is 37.9 Å². The lowest BCUT2D eigenvalue weighted by atomic mass is 10.1. The molecule has 1 unspecified atom stereocenters. The molecular weight excluding hydrogens is 288 g/mol. The summed E-state index contributed by atoms with van der Waals surface area (Å²) in [4.78, 5) is 25.2. The summed E-state index contributed by atoms with van der Waals surface area (Å²) in [5, 5.41) is 11.7. The van der Waals surface area contributed by atoms with Crippen LogP contribution in [0.25, 0.3) is 0 Å². The Labute approximate surface area is 132 Å². The maximum atomic E-state index is 11.8. The van der Waals surface area contributed by atoms with Gasteiger partial charge in [0.2, 0.25) is 5.91 Å². The number of carboxylic acid groups (broad SMARTS) is 1. The molecule has 124 valence electrons. The maximum absolute atomic E-state index is 11.8. The Bertz CT molecular complexity index is 329. The summed E-state index contributed by atoms with van der Waals surface area (Å²) in [5.41, 5.74) is 0.0905. The van der Waals surface area contributed by atoms with Crippen LogP contribution < -0.4 is 5.32 Å². The van der Waals surface area contributed by atoms with Gasteiger partial charge in [0.15, 0.2) is 0 Å². The zero-order valence-electron chi connectivity index (χ0n) is 13.9. The third-order valence-electron chi connectivity index (χ3n) is 3.41. The molecule has 0 aliphatic rings. The Balaban J connectivity index is 4.16. The second-order valence-electron chi connectivity index (χ2n) is 6.09. The molecule has 0 saturated carbocycles. The van der Waals surface area contributed by atoms with E-state index < -0.39 is 12.0 Å². The number of rotatable bonds is 10. The quantitative estimate of drug-likeness (QED) is 0.646. The first-order valence-corrected chi connectivity index (χ1v) is 8.87. The molecule has 0 heterocycles. The molecule has 0 aromatic carbocycles. The predicted octanol–water partition coefficient (Wildman–Crippen LogP) is 2.21. The highest BCUT2D eigenvalue weighted by Crippen LogP contribution is 2.13. The van der Waals surface area contributed by atoms with Gasteiger partial charge in [0.05, 0.1) is 0 Å². The minimum Gasteiger partial charge on any atom is -0.480 e. The van der Waals surface area contributed by atoms with E-state index in [-0.39, 0.29) is 11.4 Å². The normalized spacial score (nSPS) is 13.2. The van der Waals surface area contributed by atoms with Crippen LogP contribution >= 0.6 is 11.8 Å². The summed E-state index contributed by atoms with van der Waals surface area (Å²) in [6.45, 7) is 10.3. The lowest BCUT2D eigenvalue weighted by Crippen LogP contribution is -2.43. The van der Waals surface area contributed by atoms with Gasteiger partial charge in [-0.15, -0.1) is 0 Å². The van der Waals surface area contributed by atoms with E-state index >= 15 is 0 Å². The van der Waals surface area contributed by atoms with Crippen LogP contribution in [0.2, 0.25) is 0 Å². The van der Waals surface area contributed by atoms with Crippen LogP contribution in [0.3, 0.4) is 0 Å². The van der Waals surface area contributed by atoms with Crippen molar-refractivity contribution in [1.82, 2.24) is 10.2 Å². The number of nitrogens with zero attached hydrogens (tertiary/aromatic N) is 1. The molecule has 0 bridgehead atoms. The molecule has 0 spiro atoms. The van der Waals surface area contributed by atoms with Crippen molar-refractivity contribution in [3.63, 3.8) is 0 Å². The van der Waals surface area contributed by atoms with Gasteiger partial charge < -0.3 is 10.4 Å². The van der Waals surface area contributed by atoms with Gasteiger partial charge >= 0.3 is 5.97 Å². The first-order valence-electron chi connectivity index (χ1n) is 7.48. The van der Waals surface area contributed by atoms with E-state index in [0.717, 1.165) is 25.3 Å². The lowest BCUT2D eigenvalue weighted by Gasteiger charge is -2.34. The number of amides is 1. The zero-order valence-corrected chi connectivity index (χ0v) is 14.8. The van der Waals surface area contributed by atoms with E-state index in [0.29, 0.717) is 12.8 Å². The number of hydrogen-bond acceptors (Lipinski definition) is 4. The predicted molar refractivity (Wildman–Crippen MR) is 88.8 cm³/mol. The fraction of sp³-hybridized carbons (Fsp3) is 0.867. The van der Waals surface area contributed by atoms with Crippen molar-refractivity contribution in [2.24, 2.45) is 0 Å². The maximum Gasteiger partial charge on any atom is 0.326 e. The average Bonchev–Trinajstić information content (AvgIpc) is 2.37. The van der Waals surface area contributed by atoms with Gasteiger partial charge in [0.25, 0.3) is 0 Å². The Morgan fingerprint density at radius 1 is 1.33 bits per heavy atom. The van der Waals surface area contributed by atoms with Crippen molar-refractivity contribution in [2.45, 2.75) is 58.5 Å². The van der Waals surface area contributed by atoms with Crippen LogP contribution in [0.1, 0.15) is 47.0 Å². The first kappa shape index (κ1) is 20.2. The molecule has 0 saturated heterocycles. The Morgan fingerprint density at radius 2 is 1.95 bits per heavy atom. The summed E-state index contributed by atoms with van der Waals surface area (Å²) in [7, 11) is 0. The Kier molecular flexibility index (Phi) is 9.70. The summed E-state index contributed by atoms with van der Waals surface area (Å²) < 4.78 is 0. The van der Waals surface area contributed by atoms with Gasteiger partial charge in [0, 0.05) is 12.0 Å². The first-order chi connectivity index (χ1) is 9.72. The van der Waals surface area contributed by atoms with E-state index in [1.807, 2.05) is 6.26 Å². The highest BCUT2D eigenvalue weighted by molar-refractivity contribution is 7.98. The molecule has 0 aromatic heterocycles. The van der Waals surface area contributed by atoms with Crippen LogP contribution in [0, 0.1) is 0 Å². The van der Waals surface area contributed by atoms with Crippen molar-refractivity contribution in [3.8, 4) is 0 Å². The van der Waals surface area contributed by atoms with Gasteiger partial charge in [-0.05, 0) is 58.7 Å². The molecule has 1 atom stereocenters. The molecule has 0 aromatic rings. The topological polar surface area (TPSA) is 69.6 Å². The second kappa shape index (κ2) is 10.1. The number of hydrogen-bond donors (Lipinski definition) is 2. The SMILES string of the molecule is CCN(CCCC(=O)NC(CCSC)C(=O)O)C(C)(C)C. The fourth-order valence-corrected chi connectivity index (χ4v) is 2.63. The molecule has 1 amide bonds. The number of carbonyl (C=O) groups excluding carboxylic acids is 1. The van der Waals surface area contributed by atoms with Gasteiger partial charge in [0.1, 0.15) is 6.04 Å². The summed E-state index contributed by atoms with van der Waals surface area (Å²) in [6.07, 6.45) is 3.50. The molecule has 21 heavy (non-hydrogen) atoms. The molecule has 6 heteroatoms. The third kappa shape index (κ3) is 8.98. The van der Waals surface area contributed by atoms with Crippen molar-refractivity contribution < 1.29 is 14.7 Å². The number of carboxylic acids is 1. The van der Waals surface area contributed by atoms with E-state index in [1.165, 1.54) is 0 Å². The third-order valence-corrected chi connectivity index (χ3v) is 4.05. The Hall–Kier alpha value is -0.750. The van der Waals surface area contributed by atoms with Crippen LogP contribution in [-0.4, -0.2) is 58.6 Å². The standard InChI is InChI=1S/C15H30N2O3S/c1-6-17(15(2,3)4)10-7-8-13(18)16-12(14(19)20)9-11-21-5/h12H,6-11H2,1-5H3,(H,16,18)(H,19,20). The van der Waals surface area contributed by atoms with Crippen LogP contribution in [0.4, 0.5) is 0 Å². The smallest absolute Gasteiger partial charge is 0.326 e. The summed E-state index contributed by atoms with van der Waals surface area (Å²) >= 11 is 1.58. The molecular formula is C15H30N2O3S. The minimum atomic E-state index is -0.956. The number of thioether (sulfide) groups is 1. The Morgan fingerprint density at radius 3 is 2.38 bits per heavy atom. The fourth-order valence-electron chi connectivity index (χ4n) is 2.16. The van der Waals surface area contributed by atoms with Crippen molar-refractivity contribution in [1.29, 1.82) is 0 Å². The molecule has 5 nitrogen and oxygen atoms in total. The molecule has 0 fully saturated rings. The van der Waals surface area contributed by atoms with Gasteiger partial charge in [-0.3, -0.25) is 9.69 Å². The van der Waals surface area contributed by atoms with Crippen molar-refractivity contribution in [3.05, 3.63) is 0 Å². The number of nitrogens with one attached hydrogen (secondary N) is 1. The molecule has 0 rings (SSSR count). The van der Waals surface area contributed by atoms with E-state index in [9.17, 15) is 9.59 Å². The molecule has 2 N–H and O–H groups in total. The van der Waals surface area contributed by atoms with Crippen LogP contribution in [0.5, 0.6) is 0 Å². The largest absolute Gasteiger partial charge is 0.480 e. The van der Waals surface area contributed by atoms with Gasteiger partial charge in [-0.25, -0.2) is 4.79 Å². The van der Waals surface area contributed by atoms with E-state index in [4.69, 9.17) is 5.11 Å². The number of carbonyl (C=O) groups is 2. The van der Waals surface area contributed by atoms with E-state index in [1.54, 1.807) is 11.8 Å². The second-order valence-corrected chi connectivity index (χ2v) is 7.08. The number of aliphatic carboxylic acids is 1. The van der Waals surface area contributed by atoms with Crippen molar-refractivity contribution >= 4 is 23.6 Å². The monoisotopic (exact) mass is 318 g/mol. The van der Waals surface area contributed by atoms with Crippen LogP contribution in [-0.2, 0) is 9.59 Å². The molecule has 0 radical (unpaired) electrons. The highest BCUT2D eigenvalue weighted by Gasteiger charge is 2.21. The minimum absolute atomic E-state index is 0.0905. The van der Waals surface area contributed by atoms with Crippen molar-refractivity contribution in [2.75, 3.05) is 25.1 Å². The summed E-state index contributed by atoms with van der Waals surface area (Å²) in [5.74, 6) is -0.402. The van der Waals surface area contributed by atoms with Gasteiger partial charge in [-0.1, -0.05) is 6.92 Å². The zero-order chi connectivity index (χ0) is 16.5. The van der Waals surface area contributed by atoms with Gasteiger partial charge in [-0.2, -0.15) is 11.8 Å². The average molecular weight is 318 g/mol.